The summed E-state index contributed by atoms with van der Waals surface area (Å²) in [5.41, 5.74) is 1.03. The van der Waals surface area contributed by atoms with E-state index in [1.54, 1.807) is 12.1 Å². The maximum absolute atomic E-state index is 9.55. The summed E-state index contributed by atoms with van der Waals surface area (Å²) < 4.78 is 0. The highest BCUT2D eigenvalue weighted by Crippen LogP contribution is 2.26. The van der Waals surface area contributed by atoms with Crippen molar-refractivity contribution in [3.8, 4) is 11.5 Å². The van der Waals surface area contributed by atoms with E-state index in [9.17, 15) is 10.2 Å². The molecule has 1 aliphatic heterocycles. The van der Waals surface area contributed by atoms with Gasteiger partial charge in [-0.3, -0.25) is 4.90 Å². The molecule has 1 fully saturated rings. The molecule has 0 aliphatic carbocycles. The predicted molar refractivity (Wildman–Crippen MR) is 76.3 cm³/mol. The number of rotatable bonds is 5. The third kappa shape index (κ3) is 3.85. The minimum absolute atomic E-state index is 0.0415. The van der Waals surface area contributed by atoms with Gasteiger partial charge in [0.1, 0.15) is 0 Å². The highest BCUT2D eigenvalue weighted by molar-refractivity contribution is 5.40. The molecular formula is C15H24N2O2. The number of phenols is 2. The molecule has 2 rings (SSSR count). The first-order valence-electron chi connectivity index (χ1n) is 7.04. The summed E-state index contributed by atoms with van der Waals surface area (Å²) in [7, 11) is 0. The molecule has 4 nitrogen and oxygen atoms in total. The van der Waals surface area contributed by atoms with E-state index in [1.165, 1.54) is 12.8 Å². The van der Waals surface area contributed by atoms with E-state index < -0.39 is 0 Å². The van der Waals surface area contributed by atoms with Gasteiger partial charge in [-0.15, -0.1) is 0 Å². The van der Waals surface area contributed by atoms with E-state index in [-0.39, 0.29) is 11.5 Å². The molecule has 0 amide bonds. The molecule has 1 saturated heterocycles. The minimum Gasteiger partial charge on any atom is -0.504 e. The lowest BCUT2D eigenvalue weighted by atomic mass is 10.1. The molecule has 0 radical (unpaired) electrons. The van der Waals surface area contributed by atoms with Crippen molar-refractivity contribution in [2.45, 2.75) is 45.3 Å². The molecule has 0 spiro atoms. The summed E-state index contributed by atoms with van der Waals surface area (Å²) in [5.74, 6) is -0.0995. The van der Waals surface area contributed by atoms with Crippen molar-refractivity contribution in [3.63, 3.8) is 0 Å². The van der Waals surface area contributed by atoms with Gasteiger partial charge in [-0.05, 0) is 50.9 Å². The quantitative estimate of drug-likeness (QED) is 0.713. The van der Waals surface area contributed by atoms with Gasteiger partial charge >= 0.3 is 0 Å². The smallest absolute Gasteiger partial charge is 0.157 e. The molecule has 1 aromatic carbocycles. The lowest BCUT2D eigenvalue weighted by Gasteiger charge is -2.29. The van der Waals surface area contributed by atoms with Crippen LogP contribution in [0.4, 0.5) is 0 Å². The number of phenolic OH excluding ortho intramolecular Hbond substituents is 2. The third-order valence-corrected chi connectivity index (χ3v) is 3.77. The van der Waals surface area contributed by atoms with Crippen molar-refractivity contribution in [2.75, 3.05) is 13.1 Å². The van der Waals surface area contributed by atoms with Gasteiger partial charge in [-0.25, -0.2) is 0 Å². The first-order chi connectivity index (χ1) is 9.06. The second-order valence-electron chi connectivity index (χ2n) is 5.64. The summed E-state index contributed by atoms with van der Waals surface area (Å²) >= 11 is 0. The number of nitrogens with one attached hydrogen (secondary N) is 1. The highest BCUT2D eigenvalue weighted by Gasteiger charge is 2.20. The van der Waals surface area contributed by atoms with E-state index in [0.717, 1.165) is 25.2 Å². The van der Waals surface area contributed by atoms with Gasteiger partial charge in [-0.1, -0.05) is 6.07 Å². The zero-order valence-corrected chi connectivity index (χ0v) is 11.8. The molecule has 1 heterocycles. The lowest BCUT2D eigenvalue weighted by molar-refractivity contribution is 0.194. The van der Waals surface area contributed by atoms with Crippen molar-refractivity contribution in [3.05, 3.63) is 23.8 Å². The van der Waals surface area contributed by atoms with Crippen LogP contribution in [0.5, 0.6) is 11.5 Å². The largest absolute Gasteiger partial charge is 0.504 e. The Kier molecular flexibility index (Phi) is 4.66. The van der Waals surface area contributed by atoms with Crippen molar-refractivity contribution in [2.24, 2.45) is 0 Å². The Morgan fingerprint density at radius 1 is 1.32 bits per heavy atom. The van der Waals surface area contributed by atoms with E-state index >= 15 is 0 Å². The van der Waals surface area contributed by atoms with Crippen molar-refractivity contribution in [1.29, 1.82) is 0 Å². The van der Waals surface area contributed by atoms with Gasteiger partial charge in [0.25, 0.3) is 0 Å². The van der Waals surface area contributed by atoms with Crippen molar-refractivity contribution >= 4 is 0 Å². The Bertz CT molecular complexity index is 415. The molecule has 19 heavy (non-hydrogen) atoms. The fraction of sp³-hybridized carbons (Fsp3) is 0.600. The number of hydrogen-bond donors (Lipinski definition) is 3. The maximum atomic E-state index is 9.55. The average Bonchev–Trinajstić information content (AvgIpc) is 2.86. The predicted octanol–water partition coefficient (Wildman–Crippen LogP) is 2.06. The van der Waals surface area contributed by atoms with Crippen LogP contribution < -0.4 is 5.32 Å². The van der Waals surface area contributed by atoms with Crippen molar-refractivity contribution in [1.82, 2.24) is 10.2 Å². The average molecular weight is 264 g/mol. The van der Waals surface area contributed by atoms with Gasteiger partial charge in [0.2, 0.25) is 0 Å². The Morgan fingerprint density at radius 2 is 2.11 bits per heavy atom. The molecule has 0 saturated carbocycles. The van der Waals surface area contributed by atoms with Crippen LogP contribution in [-0.2, 0) is 6.54 Å². The summed E-state index contributed by atoms with van der Waals surface area (Å²) in [6, 6.07) is 6.10. The Morgan fingerprint density at radius 3 is 2.68 bits per heavy atom. The Labute approximate surface area is 115 Å². The number of hydrogen-bond acceptors (Lipinski definition) is 4. The standard InChI is InChI=1S/C15H24N2O2/c1-11(2)17(10-13-4-3-7-16-13)9-12-5-6-14(18)15(19)8-12/h5-6,8,11,13,16,18-19H,3-4,7,9-10H2,1-2H3. The summed E-state index contributed by atoms with van der Waals surface area (Å²) in [6.45, 7) is 7.32. The topological polar surface area (TPSA) is 55.7 Å². The summed E-state index contributed by atoms with van der Waals surface area (Å²) in [5, 5.41) is 22.4. The number of benzene rings is 1. The van der Waals surface area contributed by atoms with Crippen LogP contribution in [0.3, 0.4) is 0 Å². The zero-order valence-electron chi connectivity index (χ0n) is 11.8. The van der Waals surface area contributed by atoms with Gasteiger partial charge in [0.15, 0.2) is 11.5 Å². The second-order valence-corrected chi connectivity index (χ2v) is 5.64. The van der Waals surface area contributed by atoms with Crippen LogP contribution in [0.15, 0.2) is 18.2 Å². The first-order valence-corrected chi connectivity index (χ1v) is 7.04. The molecule has 3 N–H and O–H groups in total. The molecule has 1 atom stereocenters. The third-order valence-electron chi connectivity index (χ3n) is 3.77. The van der Waals surface area contributed by atoms with Crippen LogP contribution in [0.25, 0.3) is 0 Å². The maximum Gasteiger partial charge on any atom is 0.157 e. The first kappa shape index (κ1) is 14.2. The number of nitrogens with zero attached hydrogens (tertiary/aromatic N) is 1. The molecule has 1 aliphatic rings. The molecule has 4 heteroatoms. The fourth-order valence-electron chi connectivity index (χ4n) is 2.56. The molecule has 1 aromatic rings. The number of aromatic hydroxyl groups is 2. The molecule has 0 bridgehead atoms. The van der Waals surface area contributed by atoms with E-state index in [0.29, 0.717) is 12.1 Å². The van der Waals surface area contributed by atoms with Gasteiger partial charge in [0.05, 0.1) is 0 Å². The SMILES string of the molecule is CC(C)N(Cc1ccc(O)c(O)c1)CC1CCCN1. The van der Waals surface area contributed by atoms with E-state index in [4.69, 9.17) is 0 Å². The summed E-state index contributed by atoms with van der Waals surface area (Å²) in [4.78, 5) is 2.40. The Hall–Kier alpha value is -1.26. The van der Waals surface area contributed by atoms with E-state index in [2.05, 4.69) is 24.1 Å². The van der Waals surface area contributed by atoms with Gasteiger partial charge in [0, 0.05) is 25.2 Å². The lowest BCUT2D eigenvalue weighted by Crippen LogP contribution is -2.40. The van der Waals surface area contributed by atoms with Gasteiger partial charge in [-0.2, -0.15) is 0 Å². The van der Waals surface area contributed by atoms with Crippen LogP contribution in [0, 0.1) is 0 Å². The van der Waals surface area contributed by atoms with E-state index in [1.807, 2.05) is 6.07 Å². The van der Waals surface area contributed by atoms with Crippen LogP contribution in [0.1, 0.15) is 32.3 Å². The van der Waals surface area contributed by atoms with Gasteiger partial charge < -0.3 is 15.5 Å². The highest BCUT2D eigenvalue weighted by atomic mass is 16.3. The Balaban J connectivity index is 2.00. The minimum atomic E-state index is -0.0580. The van der Waals surface area contributed by atoms with Crippen LogP contribution in [-0.4, -0.2) is 40.3 Å². The molecular weight excluding hydrogens is 240 g/mol. The molecule has 1 unspecified atom stereocenters. The zero-order chi connectivity index (χ0) is 13.8. The molecule has 0 aromatic heterocycles. The normalized spacial score (nSPS) is 19.5. The second kappa shape index (κ2) is 6.26. The van der Waals surface area contributed by atoms with Crippen molar-refractivity contribution < 1.29 is 10.2 Å². The summed E-state index contributed by atoms with van der Waals surface area (Å²) in [6.07, 6.45) is 2.50. The van der Waals surface area contributed by atoms with Crippen LogP contribution in [0.2, 0.25) is 0 Å². The monoisotopic (exact) mass is 264 g/mol. The van der Waals surface area contributed by atoms with Crippen LogP contribution >= 0.6 is 0 Å². The molecule has 106 valence electrons. The fourth-order valence-corrected chi connectivity index (χ4v) is 2.56.